The van der Waals surface area contributed by atoms with E-state index in [-0.39, 0.29) is 5.91 Å². The van der Waals surface area contributed by atoms with Crippen LogP contribution in [0.1, 0.15) is 16.2 Å². The number of amides is 1. The maximum atomic E-state index is 12.5. The van der Waals surface area contributed by atoms with Gasteiger partial charge in [0, 0.05) is 22.5 Å². The average molecular weight is 397 g/mol. The van der Waals surface area contributed by atoms with Crippen LogP contribution >= 0.6 is 11.3 Å². The summed E-state index contributed by atoms with van der Waals surface area (Å²) in [5, 5.41) is 7.11. The Balaban J connectivity index is 1.43. The third kappa shape index (κ3) is 3.28. The standard InChI is InChI=1S/C22H15N5OS/c28-21(18-11-10-15-6-4-5-9-17(15)24-18)26-23-14-19-20(16-7-2-1-3-8-16)25-22-27(19)12-13-29-22/h1-14H,(H,26,28)/b23-14-. The van der Waals surface area contributed by atoms with E-state index < -0.39 is 0 Å². The van der Waals surface area contributed by atoms with Crippen LogP contribution in [0.15, 0.2) is 83.4 Å². The number of hydrazone groups is 1. The Hall–Kier alpha value is -3.84. The van der Waals surface area contributed by atoms with E-state index in [1.165, 1.54) is 0 Å². The van der Waals surface area contributed by atoms with Crippen molar-refractivity contribution in [2.45, 2.75) is 0 Å². The lowest BCUT2D eigenvalue weighted by molar-refractivity contribution is 0.0950. The van der Waals surface area contributed by atoms with Gasteiger partial charge in [0.1, 0.15) is 5.69 Å². The summed E-state index contributed by atoms with van der Waals surface area (Å²) in [4.78, 5) is 22.4. The molecule has 140 valence electrons. The molecule has 0 bridgehead atoms. The normalized spacial score (nSPS) is 11.4. The van der Waals surface area contributed by atoms with Gasteiger partial charge in [0.05, 0.1) is 23.1 Å². The number of carbonyl (C=O) groups excluding carboxylic acids is 1. The fourth-order valence-corrected chi connectivity index (χ4v) is 3.86. The van der Waals surface area contributed by atoms with Crippen molar-refractivity contribution in [1.29, 1.82) is 0 Å². The highest BCUT2D eigenvalue weighted by molar-refractivity contribution is 7.15. The molecule has 0 atom stereocenters. The molecule has 0 fully saturated rings. The average Bonchev–Trinajstić information content (AvgIpc) is 3.36. The van der Waals surface area contributed by atoms with E-state index in [1.807, 2.05) is 76.6 Å². The van der Waals surface area contributed by atoms with Gasteiger partial charge in [-0.05, 0) is 12.1 Å². The molecule has 0 spiro atoms. The van der Waals surface area contributed by atoms with Crippen molar-refractivity contribution in [2.24, 2.45) is 5.10 Å². The maximum absolute atomic E-state index is 12.5. The Bertz CT molecular complexity index is 1350. The molecule has 3 aromatic heterocycles. The molecule has 1 amide bonds. The van der Waals surface area contributed by atoms with Crippen molar-refractivity contribution in [3.05, 3.63) is 89.7 Å². The number of hydrogen-bond acceptors (Lipinski definition) is 5. The van der Waals surface area contributed by atoms with Gasteiger partial charge in [-0.2, -0.15) is 5.10 Å². The Morgan fingerprint density at radius 1 is 1.00 bits per heavy atom. The second-order valence-electron chi connectivity index (χ2n) is 6.36. The van der Waals surface area contributed by atoms with E-state index in [2.05, 4.69) is 15.5 Å². The molecule has 29 heavy (non-hydrogen) atoms. The van der Waals surface area contributed by atoms with Gasteiger partial charge in [-0.1, -0.05) is 54.6 Å². The number of rotatable bonds is 4. The summed E-state index contributed by atoms with van der Waals surface area (Å²) < 4.78 is 1.96. The number of thiazole rings is 1. The van der Waals surface area contributed by atoms with Crippen LogP contribution in [-0.2, 0) is 0 Å². The van der Waals surface area contributed by atoms with Crippen molar-refractivity contribution in [1.82, 2.24) is 19.8 Å². The molecule has 0 radical (unpaired) electrons. The van der Waals surface area contributed by atoms with Crippen LogP contribution in [0.3, 0.4) is 0 Å². The smallest absolute Gasteiger partial charge is 0.289 e. The van der Waals surface area contributed by atoms with Crippen LogP contribution < -0.4 is 5.43 Å². The summed E-state index contributed by atoms with van der Waals surface area (Å²) in [5.41, 5.74) is 6.27. The van der Waals surface area contributed by atoms with Crippen molar-refractivity contribution in [3.8, 4) is 11.3 Å². The predicted molar refractivity (Wildman–Crippen MR) is 115 cm³/mol. The van der Waals surface area contributed by atoms with Crippen molar-refractivity contribution < 1.29 is 4.79 Å². The van der Waals surface area contributed by atoms with Crippen LogP contribution in [0.4, 0.5) is 0 Å². The Kier molecular flexibility index (Phi) is 4.34. The predicted octanol–water partition coefficient (Wildman–Crippen LogP) is 4.37. The number of pyridine rings is 1. The summed E-state index contributed by atoms with van der Waals surface area (Å²) in [6.45, 7) is 0. The first kappa shape index (κ1) is 17.3. The fraction of sp³-hybridized carbons (Fsp3) is 0. The molecule has 0 aliphatic carbocycles. The van der Waals surface area contributed by atoms with Gasteiger partial charge in [-0.3, -0.25) is 9.20 Å². The number of benzene rings is 2. The Morgan fingerprint density at radius 3 is 2.72 bits per heavy atom. The Labute approximate surface area is 170 Å². The molecule has 1 N–H and O–H groups in total. The molecule has 3 heterocycles. The van der Waals surface area contributed by atoms with Gasteiger partial charge in [-0.25, -0.2) is 15.4 Å². The molecule has 0 aliphatic rings. The first-order valence-corrected chi connectivity index (χ1v) is 9.88. The quantitative estimate of drug-likeness (QED) is 0.361. The second-order valence-corrected chi connectivity index (χ2v) is 7.23. The highest BCUT2D eigenvalue weighted by atomic mass is 32.1. The van der Waals surface area contributed by atoms with Crippen molar-refractivity contribution in [2.75, 3.05) is 0 Å². The van der Waals surface area contributed by atoms with Crippen LogP contribution in [0.5, 0.6) is 0 Å². The van der Waals surface area contributed by atoms with E-state index in [4.69, 9.17) is 4.98 Å². The van der Waals surface area contributed by atoms with Gasteiger partial charge in [0.25, 0.3) is 5.91 Å². The number of para-hydroxylation sites is 1. The summed E-state index contributed by atoms with van der Waals surface area (Å²) in [5.74, 6) is -0.362. The monoisotopic (exact) mass is 397 g/mol. The minimum Gasteiger partial charge on any atom is -0.289 e. The highest BCUT2D eigenvalue weighted by Crippen LogP contribution is 2.25. The summed E-state index contributed by atoms with van der Waals surface area (Å²) in [6.07, 6.45) is 3.56. The molecule has 0 unspecified atom stereocenters. The van der Waals surface area contributed by atoms with Crippen LogP contribution in [0, 0.1) is 0 Å². The van der Waals surface area contributed by atoms with Gasteiger partial charge < -0.3 is 0 Å². The molecule has 5 rings (SSSR count). The molecule has 0 saturated carbocycles. The number of nitrogens with one attached hydrogen (secondary N) is 1. The lowest BCUT2D eigenvalue weighted by atomic mass is 10.1. The Morgan fingerprint density at radius 2 is 1.83 bits per heavy atom. The number of imidazole rings is 1. The van der Waals surface area contributed by atoms with Crippen LogP contribution in [-0.4, -0.2) is 26.5 Å². The molecular weight excluding hydrogens is 382 g/mol. The molecule has 2 aromatic carbocycles. The molecule has 7 heteroatoms. The third-order valence-electron chi connectivity index (χ3n) is 4.53. The zero-order valence-electron chi connectivity index (χ0n) is 15.2. The van der Waals surface area contributed by atoms with Gasteiger partial charge in [0.2, 0.25) is 0 Å². The molecular formula is C22H15N5OS. The number of fused-ring (bicyclic) bond motifs is 2. The van der Waals surface area contributed by atoms with Gasteiger partial charge >= 0.3 is 0 Å². The van der Waals surface area contributed by atoms with Crippen LogP contribution in [0.25, 0.3) is 27.1 Å². The van der Waals surface area contributed by atoms with E-state index in [0.717, 1.165) is 32.8 Å². The summed E-state index contributed by atoms with van der Waals surface area (Å²) in [6, 6.07) is 21.1. The molecule has 0 aliphatic heterocycles. The maximum Gasteiger partial charge on any atom is 0.289 e. The minimum absolute atomic E-state index is 0.318. The van der Waals surface area contributed by atoms with Crippen molar-refractivity contribution >= 4 is 39.3 Å². The molecule has 5 aromatic rings. The third-order valence-corrected chi connectivity index (χ3v) is 5.29. The molecule has 0 saturated heterocycles. The van der Waals surface area contributed by atoms with E-state index in [0.29, 0.717) is 5.69 Å². The summed E-state index contributed by atoms with van der Waals surface area (Å²) in [7, 11) is 0. The zero-order valence-corrected chi connectivity index (χ0v) is 16.0. The SMILES string of the molecule is O=C(N/N=C\c1c(-c2ccccc2)nc2sccn12)c1ccc2ccccc2n1. The van der Waals surface area contributed by atoms with Gasteiger partial charge in [0.15, 0.2) is 4.96 Å². The minimum atomic E-state index is -0.362. The number of hydrogen-bond donors (Lipinski definition) is 1. The molecule has 6 nitrogen and oxygen atoms in total. The van der Waals surface area contributed by atoms with Gasteiger partial charge in [-0.15, -0.1) is 11.3 Å². The summed E-state index contributed by atoms with van der Waals surface area (Å²) >= 11 is 1.55. The largest absolute Gasteiger partial charge is 0.289 e. The van der Waals surface area contributed by atoms with E-state index in [1.54, 1.807) is 23.6 Å². The fourth-order valence-electron chi connectivity index (χ4n) is 3.14. The second kappa shape index (κ2) is 7.29. The first-order chi connectivity index (χ1) is 14.3. The number of nitrogens with zero attached hydrogens (tertiary/aromatic N) is 4. The highest BCUT2D eigenvalue weighted by Gasteiger charge is 2.13. The van der Waals surface area contributed by atoms with Crippen LogP contribution in [0.2, 0.25) is 0 Å². The first-order valence-electron chi connectivity index (χ1n) is 9.00. The lowest BCUT2D eigenvalue weighted by Crippen LogP contribution is -2.19. The topological polar surface area (TPSA) is 71.7 Å². The number of carbonyl (C=O) groups is 1. The zero-order chi connectivity index (χ0) is 19.6. The number of aromatic nitrogens is 3. The van der Waals surface area contributed by atoms with Crippen molar-refractivity contribution in [3.63, 3.8) is 0 Å². The van der Waals surface area contributed by atoms with E-state index in [9.17, 15) is 4.79 Å². The lowest BCUT2D eigenvalue weighted by Gasteiger charge is -2.02. The van der Waals surface area contributed by atoms with E-state index >= 15 is 0 Å².